The van der Waals surface area contributed by atoms with Crippen LogP contribution < -0.4 is 0 Å². The molecule has 0 fully saturated rings. The molecule has 2 unspecified atom stereocenters. The first kappa shape index (κ1) is 13.1. The van der Waals surface area contributed by atoms with Crippen LogP contribution in [0.15, 0.2) is 18.2 Å². The zero-order chi connectivity index (χ0) is 12.3. The Labute approximate surface area is 95.7 Å². The third-order valence-corrected chi connectivity index (χ3v) is 3.15. The SMILES string of the molecule is CCC(C)(O)C(O)Cc1ccc(F)cc1C. The Morgan fingerprint density at radius 1 is 1.44 bits per heavy atom. The van der Waals surface area contributed by atoms with Crippen molar-refractivity contribution in [3.8, 4) is 0 Å². The highest BCUT2D eigenvalue weighted by Crippen LogP contribution is 2.20. The smallest absolute Gasteiger partial charge is 0.123 e. The maximum absolute atomic E-state index is 12.9. The molecule has 0 aliphatic heterocycles. The number of aryl methyl sites for hydroxylation is 1. The van der Waals surface area contributed by atoms with E-state index in [1.165, 1.54) is 12.1 Å². The van der Waals surface area contributed by atoms with Gasteiger partial charge in [-0.2, -0.15) is 0 Å². The van der Waals surface area contributed by atoms with Crippen molar-refractivity contribution < 1.29 is 14.6 Å². The van der Waals surface area contributed by atoms with Crippen LogP contribution in [-0.2, 0) is 6.42 Å². The Balaban J connectivity index is 2.81. The van der Waals surface area contributed by atoms with Crippen molar-refractivity contribution in [2.24, 2.45) is 0 Å². The number of aliphatic hydroxyl groups is 2. The topological polar surface area (TPSA) is 40.5 Å². The van der Waals surface area contributed by atoms with Crippen LogP contribution >= 0.6 is 0 Å². The Hall–Kier alpha value is -0.930. The average molecular weight is 226 g/mol. The molecule has 90 valence electrons. The minimum Gasteiger partial charge on any atom is -0.390 e. The molecular weight excluding hydrogens is 207 g/mol. The molecule has 1 rings (SSSR count). The molecule has 0 heterocycles. The molecule has 2 N–H and O–H groups in total. The van der Waals surface area contributed by atoms with Gasteiger partial charge in [0, 0.05) is 6.42 Å². The number of aliphatic hydroxyl groups excluding tert-OH is 1. The number of halogens is 1. The van der Waals surface area contributed by atoms with Gasteiger partial charge in [-0.25, -0.2) is 4.39 Å². The second kappa shape index (κ2) is 4.93. The lowest BCUT2D eigenvalue weighted by molar-refractivity contribution is -0.0630. The zero-order valence-electron chi connectivity index (χ0n) is 10.00. The monoisotopic (exact) mass is 226 g/mol. The van der Waals surface area contributed by atoms with Gasteiger partial charge >= 0.3 is 0 Å². The van der Waals surface area contributed by atoms with Gasteiger partial charge in [-0.05, 0) is 43.5 Å². The highest BCUT2D eigenvalue weighted by atomic mass is 19.1. The van der Waals surface area contributed by atoms with Gasteiger partial charge in [0.25, 0.3) is 0 Å². The molecule has 0 radical (unpaired) electrons. The summed E-state index contributed by atoms with van der Waals surface area (Å²) < 4.78 is 12.9. The Kier molecular flexibility index (Phi) is 4.05. The van der Waals surface area contributed by atoms with E-state index >= 15 is 0 Å². The molecule has 0 bridgehead atoms. The first-order valence-corrected chi connectivity index (χ1v) is 5.52. The van der Waals surface area contributed by atoms with Crippen molar-refractivity contribution in [2.75, 3.05) is 0 Å². The molecule has 0 saturated carbocycles. The van der Waals surface area contributed by atoms with Gasteiger partial charge in [-0.1, -0.05) is 13.0 Å². The van der Waals surface area contributed by atoms with E-state index < -0.39 is 11.7 Å². The van der Waals surface area contributed by atoms with Crippen molar-refractivity contribution in [1.82, 2.24) is 0 Å². The van der Waals surface area contributed by atoms with E-state index in [-0.39, 0.29) is 5.82 Å². The summed E-state index contributed by atoms with van der Waals surface area (Å²) in [7, 11) is 0. The van der Waals surface area contributed by atoms with Crippen LogP contribution in [0.25, 0.3) is 0 Å². The number of benzene rings is 1. The third kappa shape index (κ3) is 3.03. The van der Waals surface area contributed by atoms with E-state index in [4.69, 9.17) is 0 Å². The number of rotatable bonds is 4. The second-order valence-electron chi connectivity index (χ2n) is 4.50. The van der Waals surface area contributed by atoms with Crippen LogP contribution in [0.2, 0.25) is 0 Å². The van der Waals surface area contributed by atoms with E-state index in [0.29, 0.717) is 12.8 Å². The molecule has 0 amide bonds. The normalized spacial score (nSPS) is 16.9. The van der Waals surface area contributed by atoms with Crippen LogP contribution in [0.3, 0.4) is 0 Å². The summed E-state index contributed by atoms with van der Waals surface area (Å²) in [6, 6.07) is 4.46. The van der Waals surface area contributed by atoms with Crippen molar-refractivity contribution in [1.29, 1.82) is 0 Å². The molecule has 3 heteroatoms. The maximum Gasteiger partial charge on any atom is 0.123 e. The summed E-state index contributed by atoms with van der Waals surface area (Å²) in [6.07, 6.45) is -0.0110. The molecule has 1 aromatic carbocycles. The fourth-order valence-electron chi connectivity index (χ4n) is 1.55. The van der Waals surface area contributed by atoms with Crippen LogP contribution in [0, 0.1) is 12.7 Å². The fourth-order valence-corrected chi connectivity index (χ4v) is 1.55. The zero-order valence-corrected chi connectivity index (χ0v) is 10.00. The highest BCUT2D eigenvalue weighted by molar-refractivity contribution is 5.27. The molecule has 0 aliphatic rings. The minimum atomic E-state index is -1.10. The Morgan fingerprint density at radius 2 is 2.06 bits per heavy atom. The standard InChI is InChI=1S/C13H19FO2/c1-4-13(3,16)12(15)8-10-5-6-11(14)7-9(10)2/h5-7,12,15-16H,4,8H2,1-3H3. The van der Waals surface area contributed by atoms with Gasteiger partial charge in [-0.15, -0.1) is 0 Å². The van der Waals surface area contributed by atoms with Gasteiger partial charge in [0.15, 0.2) is 0 Å². The minimum absolute atomic E-state index is 0.280. The van der Waals surface area contributed by atoms with E-state index in [0.717, 1.165) is 11.1 Å². The van der Waals surface area contributed by atoms with E-state index in [1.807, 2.05) is 6.92 Å². The largest absolute Gasteiger partial charge is 0.390 e. The van der Waals surface area contributed by atoms with Crippen LogP contribution in [-0.4, -0.2) is 21.9 Å². The molecule has 2 nitrogen and oxygen atoms in total. The second-order valence-corrected chi connectivity index (χ2v) is 4.50. The van der Waals surface area contributed by atoms with E-state index in [9.17, 15) is 14.6 Å². The lowest BCUT2D eigenvalue weighted by Gasteiger charge is -2.28. The van der Waals surface area contributed by atoms with Crippen LogP contribution in [0.4, 0.5) is 4.39 Å². The van der Waals surface area contributed by atoms with Gasteiger partial charge in [0.1, 0.15) is 5.82 Å². The van der Waals surface area contributed by atoms with Crippen LogP contribution in [0.5, 0.6) is 0 Å². The average Bonchev–Trinajstić information content (AvgIpc) is 2.22. The number of hydrogen-bond acceptors (Lipinski definition) is 2. The van der Waals surface area contributed by atoms with Gasteiger partial charge in [-0.3, -0.25) is 0 Å². The lowest BCUT2D eigenvalue weighted by atomic mass is 9.90. The fraction of sp³-hybridized carbons (Fsp3) is 0.538. The van der Waals surface area contributed by atoms with Crippen molar-refractivity contribution >= 4 is 0 Å². The first-order valence-electron chi connectivity index (χ1n) is 5.52. The summed E-state index contributed by atoms with van der Waals surface area (Å²) >= 11 is 0. The van der Waals surface area contributed by atoms with Gasteiger partial charge in [0.05, 0.1) is 11.7 Å². The van der Waals surface area contributed by atoms with Gasteiger partial charge < -0.3 is 10.2 Å². The maximum atomic E-state index is 12.9. The van der Waals surface area contributed by atoms with Crippen LogP contribution in [0.1, 0.15) is 31.4 Å². The Morgan fingerprint density at radius 3 is 2.56 bits per heavy atom. The van der Waals surface area contributed by atoms with E-state index in [1.54, 1.807) is 19.9 Å². The van der Waals surface area contributed by atoms with Crippen molar-refractivity contribution in [3.63, 3.8) is 0 Å². The molecular formula is C13H19FO2. The quantitative estimate of drug-likeness (QED) is 0.826. The molecule has 0 spiro atoms. The lowest BCUT2D eigenvalue weighted by Crippen LogP contribution is -2.40. The third-order valence-electron chi connectivity index (χ3n) is 3.15. The van der Waals surface area contributed by atoms with E-state index in [2.05, 4.69) is 0 Å². The van der Waals surface area contributed by atoms with Crippen molar-refractivity contribution in [3.05, 3.63) is 35.1 Å². The number of hydrogen-bond donors (Lipinski definition) is 2. The highest BCUT2D eigenvalue weighted by Gasteiger charge is 2.28. The summed E-state index contributed by atoms with van der Waals surface area (Å²) in [6.45, 7) is 5.23. The molecule has 16 heavy (non-hydrogen) atoms. The first-order chi connectivity index (χ1) is 7.36. The summed E-state index contributed by atoms with van der Waals surface area (Å²) in [5.41, 5.74) is 0.564. The molecule has 0 aliphatic carbocycles. The predicted octanol–water partition coefficient (Wildman–Crippen LogP) is 2.20. The molecule has 0 saturated heterocycles. The molecule has 1 aromatic rings. The Bertz CT molecular complexity index is 361. The summed E-state index contributed by atoms with van der Waals surface area (Å²) in [5.74, 6) is -0.280. The predicted molar refractivity (Wildman–Crippen MR) is 61.8 cm³/mol. The van der Waals surface area contributed by atoms with Crippen molar-refractivity contribution in [2.45, 2.75) is 45.3 Å². The van der Waals surface area contributed by atoms with Gasteiger partial charge in [0.2, 0.25) is 0 Å². The molecule has 2 atom stereocenters. The summed E-state index contributed by atoms with van der Waals surface area (Å²) in [5, 5.41) is 19.8. The summed E-state index contributed by atoms with van der Waals surface area (Å²) in [4.78, 5) is 0. The molecule has 0 aromatic heterocycles.